The zero-order valence-electron chi connectivity index (χ0n) is 7.66. The van der Waals surface area contributed by atoms with E-state index >= 15 is 0 Å². The van der Waals surface area contributed by atoms with Gasteiger partial charge in [-0.25, -0.2) is 0 Å². The third-order valence-electron chi connectivity index (χ3n) is 2.30. The van der Waals surface area contributed by atoms with Gasteiger partial charge in [-0.1, -0.05) is 18.7 Å². The first kappa shape index (κ1) is 10.6. The van der Waals surface area contributed by atoms with Crippen LogP contribution in [-0.2, 0) is 16.3 Å². The molecule has 0 radical (unpaired) electrons. The Morgan fingerprint density at radius 3 is 2.25 bits per heavy atom. The van der Waals surface area contributed by atoms with E-state index in [4.69, 9.17) is 16.3 Å². The van der Waals surface area contributed by atoms with E-state index in [1.807, 2.05) is 0 Å². The van der Waals surface area contributed by atoms with Gasteiger partial charge in [0.2, 0.25) is 0 Å². The van der Waals surface area contributed by atoms with E-state index < -0.39 is 6.49 Å². The molecule has 1 aliphatic carbocycles. The quantitative estimate of drug-likeness (QED) is 0.648. The highest BCUT2D eigenvalue weighted by Crippen LogP contribution is 2.38. The van der Waals surface area contributed by atoms with E-state index in [-0.39, 0.29) is 6.10 Å². The van der Waals surface area contributed by atoms with Gasteiger partial charge in [0, 0.05) is 0 Å². The van der Waals surface area contributed by atoms with Gasteiger partial charge >= 0.3 is 0 Å². The Balaban J connectivity index is 2.31. The van der Waals surface area contributed by atoms with Gasteiger partial charge in [0.05, 0.1) is 6.10 Å². The van der Waals surface area contributed by atoms with E-state index in [2.05, 4.69) is 6.92 Å². The molecule has 1 unspecified atom stereocenters. The fraction of sp³-hybridized carbons (Fsp3) is 1.00. The molecule has 0 aromatic heterocycles. The van der Waals surface area contributed by atoms with Gasteiger partial charge in [-0.05, 0) is 44.8 Å². The number of rotatable bonds is 2. The van der Waals surface area contributed by atoms with Gasteiger partial charge in [0.1, 0.15) is 0 Å². The van der Waals surface area contributed by atoms with Crippen molar-refractivity contribution in [2.45, 2.75) is 38.7 Å². The molecule has 0 heterocycles. The molecule has 0 aromatic rings. The van der Waals surface area contributed by atoms with E-state index in [1.165, 1.54) is 19.5 Å². The van der Waals surface area contributed by atoms with Crippen molar-refractivity contribution >= 4 is 18.3 Å². The summed E-state index contributed by atoms with van der Waals surface area (Å²) in [5.74, 6) is 0.797. The van der Waals surface area contributed by atoms with Gasteiger partial charge in [0.15, 0.2) is 0 Å². The Morgan fingerprint density at radius 2 is 1.83 bits per heavy atom. The standard InChI is InChI=1S/C8H17O2PS/c1-7-3-5-8(6-4-7)10-11(2,9)12/h7-8H,3-6H2,1-2H3,(H,9,12)/p-1. The van der Waals surface area contributed by atoms with Crippen molar-refractivity contribution in [1.29, 1.82) is 0 Å². The molecule has 0 saturated heterocycles. The molecule has 2 nitrogen and oxygen atoms in total. The Morgan fingerprint density at radius 1 is 1.33 bits per heavy atom. The van der Waals surface area contributed by atoms with Gasteiger partial charge in [-0.2, -0.15) is 0 Å². The zero-order chi connectivity index (χ0) is 9.19. The highest BCUT2D eigenvalue weighted by atomic mass is 32.5. The highest BCUT2D eigenvalue weighted by molar-refractivity contribution is 8.08. The van der Waals surface area contributed by atoms with Crippen LogP contribution in [0.3, 0.4) is 0 Å². The molecule has 1 aliphatic rings. The summed E-state index contributed by atoms with van der Waals surface area (Å²) in [4.78, 5) is 11.2. The molecule has 0 bridgehead atoms. The summed E-state index contributed by atoms with van der Waals surface area (Å²) in [5.41, 5.74) is 0. The highest BCUT2D eigenvalue weighted by Gasteiger charge is 2.19. The van der Waals surface area contributed by atoms with Gasteiger partial charge in [0.25, 0.3) is 0 Å². The smallest absolute Gasteiger partial charge is 0.0611 e. The lowest BCUT2D eigenvalue weighted by atomic mass is 9.89. The molecule has 0 aliphatic heterocycles. The summed E-state index contributed by atoms with van der Waals surface area (Å²) in [5, 5.41) is 0. The molecule has 1 atom stereocenters. The zero-order valence-corrected chi connectivity index (χ0v) is 9.37. The van der Waals surface area contributed by atoms with Crippen LogP contribution in [0, 0.1) is 5.92 Å². The van der Waals surface area contributed by atoms with Crippen molar-refractivity contribution in [2.24, 2.45) is 5.92 Å². The molecule has 0 amide bonds. The molecule has 1 saturated carbocycles. The van der Waals surface area contributed by atoms with E-state index in [9.17, 15) is 4.89 Å². The lowest BCUT2D eigenvalue weighted by molar-refractivity contribution is -0.185. The summed E-state index contributed by atoms with van der Waals surface area (Å²) >= 11 is 4.73. The second-order valence-corrected chi connectivity index (χ2v) is 7.50. The molecule has 0 N–H and O–H groups in total. The number of hydrogen-bond acceptors (Lipinski definition) is 3. The maximum absolute atomic E-state index is 11.2. The summed E-state index contributed by atoms with van der Waals surface area (Å²) < 4.78 is 5.30. The summed E-state index contributed by atoms with van der Waals surface area (Å²) in [7, 11) is 0. The van der Waals surface area contributed by atoms with Crippen LogP contribution in [0.2, 0.25) is 0 Å². The molecule has 0 aromatic carbocycles. The lowest BCUT2D eigenvalue weighted by Gasteiger charge is -2.33. The summed E-state index contributed by atoms with van der Waals surface area (Å²) in [6, 6.07) is 0. The predicted molar refractivity (Wildman–Crippen MR) is 52.7 cm³/mol. The maximum atomic E-state index is 11.2. The van der Waals surface area contributed by atoms with Crippen molar-refractivity contribution in [3.05, 3.63) is 0 Å². The third kappa shape index (κ3) is 3.99. The van der Waals surface area contributed by atoms with Crippen LogP contribution < -0.4 is 4.89 Å². The summed E-state index contributed by atoms with van der Waals surface area (Å²) in [6.45, 7) is 1.09. The van der Waals surface area contributed by atoms with Crippen LogP contribution in [0.4, 0.5) is 0 Å². The van der Waals surface area contributed by atoms with E-state index in [0.29, 0.717) is 0 Å². The largest absolute Gasteiger partial charge is 0.801 e. The Bertz CT molecular complexity index is 181. The molecule has 0 spiro atoms. The van der Waals surface area contributed by atoms with Crippen molar-refractivity contribution in [3.63, 3.8) is 0 Å². The second kappa shape index (κ2) is 4.19. The van der Waals surface area contributed by atoms with Crippen LogP contribution in [0.1, 0.15) is 32.6 Å². The monoisotopic (exact) mass is 207 g/mol. The minimum atomic E-state index is -2.67. The first-order chi connectivity index (χ1) is 5.47. The molecule has 12 heavy (non-hydrogen) atoms. The molecule has 72 valence electrons. The topological polar surface area (TPSA) is 32.3 Å². The van der Waals surface area contributed by atoms with Crippen LogP contribution in [0.25, 0.3) is 0 Å². The lowest BCUT2D eigenvalue weighted by Crippen LogP contribution is -2.21. The van der Waals surface area contributed by atoms with Crippen LogP contribution >= 0.6 is 6.49 Å². The van der Waals surface area contributed by atoms with Crippen molar-refractivity contribution in [1.82, 2.24) is 0 Å². The van der Waals surface area contributed by atoms with Crippen molar-refractivity contribution < 1.29 is 9.42 Å². The first-order valence-corrected chi connectivity index (χ1v) is 7.53. The fourth-order valence-electron chi connectivity index (χ4n) is 1.61. The molecule has 1 fully saturated rings. The van der Waals surface area contributed by atoms with E-state index in [0.717, 1.165) is 18.8 Å². The Hall–Kier alpha value is 0.570. The van der Waals surface area contributed by atoms with Gasteiger partial charge in [-0.15, -0.1) is 0 Å². The molecular formula is C8H16O2PS-. The fourth-order valence-corrected chi connectivity index (χ4v) is 2.72. The molecule has 4 heteroatoms. The molecular weight excluding hydrogens is 191 g/mol. The average Bonchev–Trinajstić information content (AvgIpc) is 1.91. The maximum Gasteiger partial charge on any atom is 0.0611 e. The van der Waals surface area contributed by atoms with Crippen molar-refractivity contribution in [3.8, 4) is 0 Å². The average molecular weight is 207 g/mol. The second-order valence-electron chi connectivity index (χ2n) is 3.76. The van der Waals surface area contributed by atoms with Gasteiger partial charge in [-0.3, -0.25) is 0 Å². The Kier molecular flexibility index (Phi) is 3.72. The normalized spacial score (nSPS) is 35.9. The number of hydrogen-bond donors (Lipinski definition) is 0. The minimum absolute atomic E-state index is 0.162. The Labute approximate surface area is 79.5 Å². The summed E-state index contributed by atoms with van der Waals surface area (Å²) in [6.07, 6.45) is 4.57. The van der Waals surface area contributed by atoms with E-state index in [1.54, 1.807) is 0 Å². The minimum Gasteiger partial charge on any atom is -0.801 e. The van der Waals surface area contributed by atoms with Gasteiger partial charge < -0.3 is 9.42 Å². The first-order valence-electron chi connectivity index (χ1n) is 4.44. The predicted octanol–water partition coefficient (Wildman–Crippen LogP) is 1.88. The van der Waals surface area contributed by atoms with Crippen molar-refractivity contribution in [2.75, 3.05) is 6.66 Å². The SMILES string of the molecule is CC1CCC(OP(C)([O-])=S)CC1. The molecule has 1 rings (SSSR count). The van der Waals surface area contributed by atoms with Crippen LogP contribution in [0.5, 0.6) is 0 Å². The third-order valence-corrected chi connectivity index (χ3v) is 3.24. The van der Waals surface area contributed by atoms with Crippen LogP contribution in [-0.4, -0.2) is 12.8 Å². The van der Waals surface area contributed by atoms with Crippen LogP contribution in [0.15, 0.2) is 0 Å².